The molecule has 4 atom stereocenters. The predicted octanol–water partition coefficient (Wildman–Crippen LogP) is 4.64. The van der Waals surface area contributed by atoms with Gasteiger partial charge >= 0.3 is 0 Å². The van der Waals surface area contributed by atoms with Crippen LogP contribution in [0.15, 0.2) is 42.6 Å². The van der Waals surface area contributed by atoms with Gasteiger partial charge in [0.2, 0.25) is 0 Å². The number of hydrogen-bond donors (Lipinski definition) is 2. The summed E-state index contributed by atoms with van der Waals surface area (Å²) in [5.74, 6) is -0.634. The number of methoxy groups -OCH3 is 1. The number of ether oxygens (including phenoxy) is 3. The molecule has 3 unspecified atom stereocenters. The lowest BCUT2D eigenvalue weighted by Gasteiger charge is -2.45. The summed E-state index contributed by atoms with van der Waals surface area (Å²) in [6, 6.07) is 10.9. The van der Waals surface area contributed by atoms with Gasteiger partial charge in [-0.05, 0) is 30.6 Å². The third kappa shape index (κ3) is 6.61. The highest BCUT2D eigenvalue weighted by Gasteiger charge is 2.44. The van der Waals surface area contributed by atoms with Crippen molar-refractivity contribution in [2.24, 2.45) is 0 Å². The van der Waals surface area contributed by atoms with E-state index in [1.54, 1.807) is 0 Å². The number of pyridine rings is 1. The van der Waals surface area contributed by atoms with Crippen LogP contribution in [0.25, 0.3) is 0 Å². The van der Waals surface area contributed by atoms with Gasteiger partial charge in [0.25, 0.3) is 5.91 Å². The monoisotopic (exact) mass is 502 g/mol. The number of amides is 1. The molecule has 2 aromatic rings. The van der Waals surface area contributed by atoms with Crippen LogP contribution in [0, 0.1) is 0 Å². The summed E-state index contributed by atoms with van der Waals surface area (Å²) in [5, 5.41) is 13.5. The molecular weight excluding hydrogens is 464 g/mol. The Morgan fingerprint density at radius 1 is 1.23 bits per heavy atom. The first-order chi connectivity index (χ1) is 16.4. The van der Waals surface area contributed by atoms with Gasteiger partial charge in [0.1, 0.15) is 12.4 Å². The Kier molecular flexibility index (Phi) is 8.58. The maximum absolute atomic E-state index is 13.2. The van der Waals surface area contributed by atoms with Gasteiger partial charge in [-0.25, -0.2) is 4.98 Å². The SMILES string of the molecule is COc1ccnc(C(=O)NC2CC(O[Si](C)(C)C(C)(C)C)O[C@@H](C)C2OCc2ccccc2)c1O. The Labute approximate surface area is 209 Å². The number of carbonyl (C=O) groups excluding carboxylic acids is 1. The maximum Gasteiger partial charge on any atom is 0.274 e. The number of benzene rings is 1. The van der Waals surface area contributed by atoms with Crippen molar-refractivity contribution in [3.05, 3.63) is 53.9 Å². The lowest BCUT2D eigenvalue weighted by molar-refractivity contribution is -0.208. The molecule has 8 nitrogen and oxygen atoms in total. The van der Waals surface area contributed by atoms with Gasteiger partial charge in [-0.3, -0.25) is 4.79 Å². The van der Waals surface area contributed by atoms with E-state index in [0.29, 0.717) is 13.0 Å². The Morgan fingerprint density at radius 2 is 1.91 bits per heavy atom. The molecule has 0 radical (unpaired) electrons. The van der Waals surface area contributed by atoms with E-state index in [2.05, 4.69) is 44.2 Å². The van der Waals surface area contributed by atoms with Crippen molar-refractivity contribution in [3.8, 4) is 11.5 Å². The molecule has 1 amide bonds. The van der Waals surface area contributed by atoms with Crippen molar-refractivity contribution >= 4 is 14.2 Å². The molecule has 1 aromatic heterocycles. The van der Waals surface area contributed by atoms with Crippen LogP contribution >= 0.6 is 0 Å². The van der Waals surface area contributed by atoms with Gasteiger partial charge in [0.15, 0.2) is 25.5 Å². The maximum atomic E-state index is 13.2. The van der Waals surface area contributed by atoms with Gasteiger partial charge in [0, 0.05) is 18.7 Å². The summed E-state index contributed by atoms with van der Waals surface area (Å²) in [4.78, 5) is 17.2. The van der Waals surface area contributed by atoms with Crippen molar-refractivity contribution < 1.29 is 28.5 Å². The molecule has 0 spiro atoms. The highest BCUT2D eigenvalue weighted by Crippen LogP contribution is 2.39. The van der Waals surface area contributed by atoms with Gasteiger partial charge in [-0.1, -0.05) is 51.1 Å². The first kappa shape index (κ1) is 27.1. The first-order valence-corrected chi connectivity index (χ1v) is 14.9. The minimum atomic E-state index is -2.12. The number of aromatic nitrogens is 1. The normalized spacial score (nSPS) is 23.1. The Bertz CT molecular complexity index is 995. The number of carbonyl (C=O) groups is 1. The molecule has 2 N–H and O–H groups in total. The number of nitrogens with zero attached hydrogens (tertiary/aromatic N) is 1. The molecule has 1 aliphatic heterocycles. The molecule has 9 heteroatoms. The van der Waals surface area contributed by atoms with E-state index in [-0.39, 0.29) is 28.3 Å². The lowest BCUT2D eigenvalue weighted by atomic mass is 9.99. The quantitative estimate of drug-likeness (QED) is 0.508. The molecule has 3 rings (SSSR count). The molecule has 1 aromatic carbocycles. The fraction of sp³-hybridized carbons (Fsp3) is 0.538. The number of hydrogen-bond acceptors (Lipinski definition) is 7. The average Bonchev–Trinajstić information content (AvgIpc) is 2.78. The topological polar surface area (TPSA) is 99.1 Å². The van der Waals surface area contributed by atoms with E-state index < -0.39 is 32.7 Å². The summed E-state index contributed by atoms with van der Waals surface area (Å²) in [5.41, 5.74) is 0.920. The van der Waals surface area contributed by atoms with Crippen LogP contribution in [0.3, 0.4) is 0 Å². The highest BCUT2D eigenvalue weighted by atomic mass is 28.4. The summed E-state index contributed by atoms with van der Waals surface area (Å²) >= 11 is 0. The van der Waals surface area contributed by atoms with Crippen LogP contribution in [-0.2, 0) is 20.5 Å². The fourth-order valence-corrected chi connectivity index (χ4v) is 4.95. The second-order valence-corrected chi connectivity index (χ2v) is 15.2. The smallest absolute Gasteiger partial charge is 0.274 e. The van der Waals surface area contributed by atoms with Gasteiger partial charge in [0.05, 0.1) is 25.9 Å². The van der Waals surface area contributed by atoms with Gasteiger partial charge in [-0.2, -0.15) is 0 Å². The third-order valence-corrected chi connectivity index (χ3v) is 11.3. The summed E-state index contributed by atoms with van der Waals surface area (Å²) < 4.78 is 24.2. The van der Waals surface area contributed by atoms with Crippen molar-refractivity contribution in [2.45, 2.75) is 83.4 Å². The van der Waals surface area contributed by atoms with Crippen molar-refractivity contribution in [2.75, 3.05) is 7.11 Å². The Balaban J connectivity index is 1.82. The molecular formula is C26H38N2O6Si. The molecule has 2 heterocycles. The zero-order chi connectivity index (χ0) is 25.8. The van der Waals surface area contributed by atoms with Crippen LogP contribution in [0.5, 0.6) is 11.5 Å². The molecule has 1 fully saturated rings. The molecule has 0 bridgehead atoms. The zero-order valence-corrected chi connectivity index (χ0v) is 22.7. The van der Waals surface area contributed by atoms with E-state index in [1.165, 1.54) is 19.4 Å². The summed E-state index contributed by atoms with van der Waals surface area (Å²) in [7, 11) is -0.694. The highest BCUT2D eigenvalue weighted by molar-refractivity contribution is 6.74. The van der Waals surface area contributed by atoms with Crippen LogP contribution in [0.4, 0.5) is 0 Å². The van der Waals surface area contributed by atoms with Crippen LogP contribution in [0.2, 0.25) is 18.1 Å². The second-order valence-electron chi connectivity index (χ2n) is 10.4. The van der Waals surface area contributed by atoms with Gasteiger partial charge in [-0.15, -0.1) is 0 Å². The van der Waals surface area contributed by atoms with Crippen LogP contribution < -0.4 is 10.1 Å². The summed E-state index contributed by atoms with van der Waals surface area (Å²) in [6.07, 6.45) is 0.588. The predicted molar refractivity (Wildman–Crippen MR) is 136 cm³/mol. The minimum absolute atomic E-state index is 0.00923. The Morgan fingerprint density at radius 3 is 2.54 bits per heavy atom. The largest absolute Gasteiger partial charge is 0.503 e. The van der Waals surface area contributed by atoms with E-state index in [9.17, 15) is 9.90 Å². The van der Waals surface area contributed by atoms with Crippen molar-refractivity contribution in [1.82, 2.24) is 10.3 Å². The van der Waals surface area contributed by atoms with E-state index in [4.69, 9.17) is 18.6 Å². The third-order valence-electron chi connectivity index (χ3n) is 6.83. The van der Waals surface area contributed by atoms with E-state index in [1.807, 2.05) is 37.3 Å². The molecule has 35 heavy (non-hydrogen) atoms. The lowest BCUT2D eigenvalue weighted by Crippen LogP contribution is -2.58. The van der Waals surface area contributed by atoms with Crippen LogP contribution in [-0.4, -0.2) is 56.0 Å². The van der Waals surface area contributed by atoms with Crippen molar-refractivity contribution in [3.63, 3.8) is 0 Å². The molecule has 192 valence electrons. The number of nitrogens with one attached hydrogen (secondary N) is 1. The average molecular weight is 503 g/mol. The molecule has 1 aliphatic rings. The van der Waals surface area contributed by atoms with Crippen molar-refractivity contribution in [1.29, 1.82) is 0 Å². The molecule has 0 aliphatic carbocycles. The van der Waals surface area contributed by atoms with Crippen LogP contribution in [0.1, 0.15) is 50.2 Å². The summed E-state index contributed by atoms with van der Waals surface area (Å²) in [6.45, 7) is 13.2. The number of rotatable bonds is 8. The minimum Gasteiger partial charge on any atom is -0.503 e. The van der Waals surface area contributed by atoms with Gasteiger partial charge < -0.3 is 29.1 Å². The van der Waals surface area contributed by atoms with E-state index >= 15 is 0 Å². The Hall–Kier alpha value is -2.46. The second kappa shape index (κ2) is 11.1. The molecule has 0 saturated carbocycles. The molecule has 1 saturated heterocycles. The zero-order valence-electron chi connectivity index (χ0n) is 21.7. The fourth-order valence-electron chi connectivity index (χ4n) is 3.79. The first-order valence-electron chi connectivity index (χ1n) is 11.9. The standard InChI is InChI=1S/C26H38N2O6Si/c1-17-24(32-16-18-11-9-8-10-12-18)19(15-21(33-17)34-35(6,7)26(2,3)4)28-25(30)22-23(29)20(31-5)13-14-27-22/h8-14,17,19,21,24,29H,15-16H2,1-7H3,(H,28,30)/t17-,19?,21?,24?/m0/s1. The number of aromatic hydroxyl groups is 1. The van der Waals surface area contributed by atoms with E-state index in [0.717, 1.165) is 5.56 Å².